The Hall–Kier alpha value is -2.27. The molecule has 0 saturated carbocycles. The first-order chi connectivity index (χ1) is 11.4. The van der Waals surface area contributed by atoms with Crippen LogP contribution in [0.1, 0.15) is 41.4 Å². The summed E-state index contributed by atoms with van der Waals surface area (Å²) in [6.45, 7) is 5.55. The zero-order chi connectivity index (χ0) is 17.7. The molecule has 0 radical (unpaired) electrons. The van der Waals surface area contributed by atoms with E-state index in [2.05, 4.69) is 5.32 Å². The lowest BCUT2D eigenvalue weighted by molar-refractivity contribution is -0.136. The summed E-state index contributed by atoms with van der Waals surface area (Å²) in [5.41, 5.74) is 2.69. The van der Waals surface area contributed by atoms with E-state index < -0.39 is 11.2 Å². The van der Waals surface area contributed by atoms with Gasteiger partial charge in [-0.3, -0.25) is 9.59 Å². The van der Waals surface area contributed by atoms with Crippen LogP contribution in [-0.4, -0.2) is 22.2 Å². The van der Waals surface area contributed by atoms with Crippen molar-refractivity contribution in [2.75, 3.05) is 0 Å². The summed E-state index contributed by atoms with van der Waals surface area (Å²) in [6.07, 6.45) is 0. The van der Waals surface area contributed by atoms with Crippen LogP contribution in [0, 0.1) is 6.92 Å². The van der Waals surface area contributed by atoms with Gasteiger partial charge in [0.15, 0.2) is 0 Å². The van der Waals surface area contributed by atoms with Crippen LogP contribution in [0.2, 0.25) is 0 Å². The third kappa shape index (κ3) is 4.61. The van der Waals surface area contributed by atoms with E-state index in [1.165, 1.54) is 17.3 Å². The van der Waals surface area contributed by atoms with Crippen molar-refractivity contribution in [1.82, 2.24) is 5.32 Å². The predicted octanol–water partition coefficient (Wildman–Crippen LogP) is 4.05. The molecular weight excluding hydrogens is 322 g/mol. The number of benzene rings is 2. The first-order valence-electron chi connectivity index (χ1n) is 7.74. The summed E-state index contributed by atoms with van der Waals surface area (Å²) in [5.74, 6) is -1.10. The number of rotatable bonds is 6. The highest BCUT2D eigenvalue weighted by Crippen LogP contribution is 2.27. The molecule has 0 heterocycles. The van der Waals surface area contributed by atoms with Gasteiger partial charge in [-0.05, 0) is 38.5 Å². The van der Waals surface area contributed by atoms with Crippen LogP contribution in [-0.2, 0) is 4.79 Å². The molecule has 2 aromatic carbocycles. The minimum Gasteiger partial charge on any atom is -0.480 e. The fourth-order valence-corrected chi connectivity index (χ4v) is 3.14. The van der Waals surface area contributed by atoms with Crippen molar-refractivity contribution in [3.05, 3.63) is 65.2 Å². The molecule has 4 nitrogen and oxygen atoms in total. The summed E-state index contributed by atoms with van der Waals surface area (Å²) in [7, 11) is 0. The lowest BCUT2D eigenvalue weighted by atomic mass is 10.1. The van der Waals surface area contributed by atoms with Crippen molar-refractivity contribution >= 4 is 23.6 Å². The molecule has 0 aromatic heterocycles. The predicted molar refractivity (Wildman–Crippen MR) is 96.5 cm³/mol. The molecule has 0 saturated heterocycles. The smallest absolute Gasteiger partial charge is 0.316 e. The minimum atomic E-state index is -0.900. The van der Waals surface area contributed by atoms with Gasteiger partial charge in [-0.25, -0.2) is 0 Å². The Kier molecular flexibility index (Phi) is 6.04. The van der Waals surface area contributed by atoms with Crippen LogP contribution in [0.15, 0.2) is 53.4 Å². The molecule has 126 valence electrons. The van der Waals surface area contributed by atoms with E-state index in [0.29, 0.717) is 10.5 Å². The highest BCUT2D eigenvalue weighted by Gasteiger charge is 2.19. The molecule has 0 bridgehead atoms. The Bertz CT molecular complexity index is 728. The van der Waals surface area contributed by atoms with Gasteiger partial charge in [0, 0.05) is 4.90 Å². The van der Waals surface area contributed by atoms with Gasteiger partial charge in [-0.1, -0.05) is 42.0 Å². The summed E-state index contributed by atoms with van der Waals surface area (Å²) >= 11 is 1.17. The Morgan fingerprint density at radius 1 is 1.04 bits per heavy atom. The number of carboxylic acid groups (broad SMARTS) is 1. The van der Waals surface area contributed by atoms with Crippen molar-refractivity contribution in [2.24, 2.45) is 0 Å². The maximum absolute atomic E-state index is 12.6. The SMILES string of the molecule is Cc1ccc(C(C)NC(=O)c2ccccc2SC(C)C(=O)O)cc1. The molecule has 1 amide bonds. The number of amides is 1. The molecule has 0 fully saturated rings. The number of carboxylic acids is 1. The fourth-order valence-electron chi connectivity index (χ4n) is 2.21. The van der Waals surface area contributed by atoms with E-state index in [1.54, 1.807) is 31.2 Å². The zero-order valence-electron chi connectivity index (χ0n) is 13.9. The summed E-state index contributed by atoms with van der Waals surface area (Å²) in [4.78, 5) is 24.3. The maximum Gasteiger partial charge on any atom is 0.316 e. The Morgan fingerprint density at radius 3 is 2.29 bits per heavy atom. The molecule has 2 aromatic rings. The largest absolute Gasteiger partial charge is 0.480 e. The summed E-state index contributed by atoms with van der Waals surface area (Å²) in [6, 6.07) is 14.9. The van der Waals surface area contributed by atoms with Crippen LogP contribution < -0.4 is 5.32 Å². The quantitative estimate of drug-likeness (QED) is 0.777. The second-order valence-electron chi connectivity index (χ2n) is 5.70. The van der Waals surface area contributed by atoms with Crippen molar-refractivity contribution in [2.45, 2.75) is 37.0 Å². The molecule has 2 N–H and O–H groups in total. The standard InChI is InChI=1S/C19H21NO3S/c1-12-8-10-15(11-9-12)13(2)20-18(21)16-6-4-5-7-17(16)24-14(3)19(22)23/h4-11,13-14H,1-3H3,(H,20,21)(H,22,23). The van der Waals surface area contributed by atoms with E-state index in [0.717, 1.165) is 5.56 Å². The average Bonchev–Trinajstić information content (AvgIpc) is 2.55. The molecule has 2 atom stereocenters. The molecule has 0 aliphatic rings. The van der Waals surface area contributed by atoms with Gasteiger partial charge in [-0.2, -0.15) is 0 Å². The minimum absolute atomic E-state index is 0.131. The number of hydrogen-bond donors (Lipinski definition) is 2. The van der Waals surface area contributed by atoms with E-state index in [4.69, 9.17) is 5.11 Å². The normalized spacial score (nSPS) is 13.1. The van der Waals surface area contributed by atoms with E-state index in [9.17, 15) is 9.59 Å². The van der Waals surface area contributed by atoms with Gasteiger partial charge in [-0.15, -0.1) is 11.8 Å². The summed E-state index contributed by atoms with van der Waals surface area (Å²) < 4.78 is 0. The van der Waals surface area contributed by atoms with E-state index in [1.807, 2.05) is 38.1 Å². The zero-order valence-corrected chi connectivity index (χ0v) is 14.8. The molecule has 0 spiro atoms. The fraction of sp³-hybridized carbons (Fsp3) is 0.263. The molecule has 24 heavy (non-hydrogen) atoms. The molecule has 0 aliphatic heterocycles. The van der Waals surface area contributed by atoms with Crippen LogP contribution in [0.5, 0.6) is 0 Å². The summed E-state index contributed by atoms with van der Waals surface area (Å²) in [5, 5.41) is 11.4. The topological polar surface area (TPSA) is 66.4 Å². The number of nitrogens with one attached hydrogen (secondary N) is 1. The van der Waals surface area contributed by atoms with Crippen LogP contribution in [0.25, 0.3) is 0 Å². The van der Waals surface area contributed by atoms with Crippen molar-refractivity contribution in [3.8, 4) is 0 Å². The van der Waals surface area contributed by atoms with Gasteiger partial charge in [0.2, 0.25) is 0 Å². The number of aliphatic carboxylic acids is 1. The third-order valence-electron chi connectivity index (χ3n) is 3.71. The highest BCUT2D eigenvalue weighted by atomic mass is 32.2. The lowest BCUT2D eigenvalue weighted by Gasteiger charge is -2.17. The van der Waals surface area contributed by atoms with Crippen molar-refractivity contribution < 1.29 is 14.7 Å². The Morgan fingerprint density at radius 2 is 1.67 bits per heavy atom. The van der Waals surface area contributed by atoms with Crippen molar-refractivity contribution in [1.29, 1.82) is 0 Å². The number of hydrogen-bond acceptors (Lipinski definition) is 3. The van der Waals surface area contributed by atoms with Crippen LogP contribution in [0.4, 0.5) is 0 Å². The first kappa shape index (κ1) is 18.1. The number of carbonyl (C=O) groups is 2. The lowest BCUT2D eigenvalue weighted by Crippen LogP contribution is -2.27. The molecular formula is C19H21NO3S. The first-order valence-corrected chi connectivity index (χ1v) is 8.62. The molecule has 2 rings (SSSR count). The van der Waals surface area contributed by atoms with Gasteiger partial charge >= 0.3 is 5.97 Å². The number of aryl methyl sites for hydroxylation is 1. The van der Waals surface area contributed by atoms with Gasteiger partial charge in [0.1, 0.15) is 5.25 Å². The Balaban J connectivity index is 2.14. The van der Waals surface area contributed by atoms with Crippen LogP contribution >= 0.6 is 11.8 Å². The molecule has 5 heteroatoms. The van der Waals surface area contributed by atoms with Gasteiger partial charge in [0.05, 0.1) is 11.6 Å². The van der Waals surface area contributed by atoms with Crippen LogP contribution in [0.3, 0.4) is 0 Å². The monoisotopic (exact) mass is 343 g/mol. The third-order valence-corrected chi connectivity index (χ3v) is 4.87. The highest BCUT2D eigenvalue weighted by molar-refractivity contribution is 8.00. The average molecular weight is 343 g/mol. The number of thioether (sulfide) groups is 1. The maximum atomic E-state index is 12.6. The second-order valence-corrected chi connectivity index (χ2v) is 7.08. The second kappa shape index (κ2) is 8.02. The molecule has 0 aliphatic carbocycles. The molecule has 2 unspecified atom stereocenters. The van der Waals surface area contributed by atoms with E-state index >= 15 is 0 Å². The van der Waals surface area contributed by atoms with E-state index in [-0.39, 0.29) is 11.9 Å². The van der Waals surface area contributed by atoms with Crippen molar-refractivity contribution in [3.63, 3.8) is 0 Å². The van der Waals surface area contributed by atoms with Gasteiger partial charge in [0.25, 0.3) is 5.91 Å². The Labute approximate surface area is 146 Å². The van der Waals surface area contributed by atoms with Gasteiger partial charge < -0.3 is 10.4 Å². The number of carbonyl (C=O) groups excluding carboxylic acids is 1.